The van der Waals surface area contributed by atoms with Crippen molar-refractivity contribution in [2.75, 3.05) is 26.9 Å². The molecule has 0 saturated heterocycles. The monoisotopic (exact) mass is 194 g/mol. The lowest BCUT2D eigenvalue weighted by Gasteiger charge is -1.97. The van der Waals surface area contributed by atoms with Gasteiger partial charge in [0.2, 0.25) is 0 Å². The van der Waals surface area contributed by atoms with E-state index in [2.05, 4.69) is 9.47 Å². The van der Waals surface area contributed by atoms with Crippen LogP contribution < -0.4 is 0 Å². The number of methoxy groups -OCH3 is 1. The molecule has 1 atom stereocenters. The topological polar surface area (TPSA) is 76.0 Å². The van der Waals surface area contributed by atoms with Crippen LogP contribution in [0.25, 0.3) is 0 Å². The van der Waals surface area contributed by atoms with Crippen molar-refractivity contribution in [3.05, 3.63) is 0 Å². The van der Waals surface area contributed by atoms with Crippen molar-refractivity contribution in [3.8, 4) is 0 Å². The first-order valence-electron chi connectivity index (χ1n) is 3.95. The van der Waals surface area contributed by atoms with Gasteiger partial charge in [-0.05, 0) is 6.92 Å². The summed E-state index contributed by atoms with van der Waals surface area (Å²) in [5.41, 5.74) is 0. The van der Waals surface area contributed by atoms with E-state index in [1.165, 1.54) is 13.8 Å². The maximum Gasteiger partial charge on any atom is 0.302 e. The van der Waals surface area contributed by atoms with Crippen molar-refractivity contribution in [2.24, 2.45) is 0 Å². The highest BCUT2D eigenvalue weighted by atomic mass is 16.6. The van der Waals surface area contributed by atoms with Crippen molar-refractivity contribution in [1.29, 1.82) is 0 Å². The van der Waals surface area contributed by atoms with E-state index in [0.717, 1.165) is 0 Å². The highest BCUT2D eigenvalue weighted by Gasteiger charge is 1.88. The summed E-state index contributed by atoms with van der Waals surface area (Å²) in [5, 5.41) is 16.0. The van der Waals surface area contributed by atoms with Crippen LogP contribution >= 0.6 is 0 Å². The summed E-state index contributed by atoms with van der Waals surface area (Å²) in [4.78, 5) is 10.0. The molecular formula is C8H18O5. The molecule has 0 aliphatic rings. The molecule has 5 nitrogen and oxygen atoms in total. The smallest absolute Gasteiger partial charge is 0.302 e. The fourth-order valence-electron chi connectivity index (χ4n) is 0.269. The van der Waals surface area contributed by atoms with Gasteiger partial charge in [0.15, 0.2) is 0 Å². The van der Waals surface area contributed by atoms with E-state index in [-0.39, 0.29) is 12.6 Å². The van der Waals surface area contributed by atoms with Crippen molar-refractivity contribution in [2.45, 2.75) is 20.0 Å². The summed E-state index contributed by atoms with van der Waals surface area (Å²) in [6.45, 7) is 3.58. The molecule has 0 aromatic carbocycles. The lowest BCUT2D eigenvalue weighted by atomic mass is 10.5. The summed E-state index contributed by atoms with van der Waals surface area (Å²) in [6, 6.07) is 0. The van der Waals surface area contributed by atoms with Gasteiger partial charge in [0.25, 0.3) is 0 Å². The van der Waals surface area contributed by atoms with Crippen LogP contribution in [-0.2, 0) is 14.3 Å². The van der Waals surface area contributed by atoms with Gasteiger partial charge in [0, 0.05) is 14.0 Å². The molecule has 80 valence electrons. The zero-order valence-corrected chi connectivity index (χ0v) is 8.32. The second-order valence-electron chi connectivity index (χ2n) is 2.36. The Morgan fingerprint density at radius 1 is 1.46 bits per heavy atom. The van der Waals surface area contributed by atoms with Gasteiger partial charge in [0.05, 0.1) is 19.3 Å². The number of carbonyl (C=O) groups excluding carboxylic acids is 1. The van der Waals surface area contributed by atoms with Gasteiger partial charge in [-0.25, -0.2) is 0 Å². The maximum absolute atomic E-state index is 10.0. The van der Waals surface area contributed by atoms with Crippen LogP contribution in [0.3, 0.4) is 0 Å². The third kappa shape index (κ3) is 24.6. The van der Waals surface area contributed by atoms with Crippen LogP contribution in [0.5, 0.6) is 0 Å². The number of rotatable bonds is 4. The number of esters is 1. The lowest BCUT2D eigenvalue weighted by Crippen LogP contribution is -2.05. The average Bonchev–Trinajstić information content (AvgIpc) is 2.05. The molecule has 0 aliphatic heterocycles. The third-order valence-electron chi connectivity index (χ3n) is 0.857. The minimum Gasteiger partial charge on any atom is -0.463 e. The summed E-state index contributed by atoms with van der Waals surface area (Å²) < 4.78 is 9.13. The molecule has 0 aromatic rings. The van der Waals surface area contributed by atoms with E-state index in [9.17, 15) is 4.79 Å². The van der Waals surface area contributed by atoms with Gasteiger partial charge < -0.3 is 19.7 Å². The predicted molar refractivity (Wildman–Crippen MR) is 47.3 cm³/mol. The van der Waals surface area contributed by atoms with Crippen molar-refractivity contribution in [1.82, 2.24) is 0 Å². The zero-order valence-electron chi connectivity index (χ0n) is 8.32. The van der Waals surface area contributed by atoms with Gasteiger partial charge in [-0.3, -0.25) is 4.79 Å². The molecule has 0 aliphatic carbocycles. The largest absolute Gasteiger partial charge is 0.463 e. The van der Waals surface area contributed by atoms with Crippen molar-refractivity contribution in [3.63, 3.8) is 0 Å². The van der Waals surface area contributed by atoms with Crippen LogP contribution in [0.15, 0.2) is 0 Å². The predicted octanol–water partition coefficient (Wildman–Crippen LogP) is -0.445. The molecule has 0 rings (SSSR count). The minimum atomic E-state index is -0.560. The summed E-state index contributed by atoms with van der Waals surface area (Å²) in [6.07, 6.45) is -0.560. The van der Waals surface area contributed by atoms with Gasteiger partial charge in [0.1, 0.15) is 6.61 Å². The molecule has 0 amide bonds. The molecular weight excluding hydrogens is 176 g/mol. The number of ether oxygens (including phenoxy) is 2. The normalized spacial score (nSPS) is 11.2. The van der Waals surface area contributed by atoms with E-state index in [0.29, 0.717) is 13.2 Å². The first-order valence-corrected chi connectivity index (χ1v) is 3.95. The lowest BCUT2D eigenvalue weighted by molar-refractivity contribution is -0.142. The molecule has 0 radical (unpaired) electrons. The van der Waals surface area contributed by atoms with Crippen molar-refractivity contribution >= 4 is 5.97 Å². The molecule has 0 fully saturated rings. The van der Waals surface area contributed by atoms with Gasteiger partial charge >= 0.3 is 5.97 Å². The Morgan fingerprint density at radius 2 is 1.92 bits per heavy atom. The number of carbonyl (C=O) groups is 1. The molecule has 5 heteroatoms. The maximum atomic E-state index is 10.0. The Balaban J connectivity index is 0. The Bertz CT molecular complexity index is 113. The van der Waals surface area contributed by atoms with E-state index in [1.54, 1.807) is 7.11 Å². The van der Waals surface area contributed by atoms with Crippen molar-refractivity contribution < 1.29 is 24.5 Å². The van der Waals surface area contributed by atoms with Crippen LogP contribution in [0.1, 0.15) is 13.8 Å². The van der Waals surface area contributed by atoms with E-state index in [1.807, 2.05) is 0 Å². The quantitative estimate of drug-likeness (QED) is 0.468. The highest BCUT2D eigenvalue weighted by molar-refractivity contribution is 5.65. The fourth-order valence-corrected chi connectivity index (χ4v) is 0.269. The zero-order chi connectivity index (χ0) is 10.7. The Hall–Kier alpha value is -0.650. The van der Waals surface area contributed by atoms with E-state index in [4.69, 9.17) is 10.2 Å². The number of aliphatic hydroxyl groups is 2. The minimum absolute atomic E-state index is 0.139. The average molecular weight is 194 g/mol. The highest BCUT2D eigenvalue weighted by Crippen LogP contribution is 1.74. The van der Waals surface area contributed by atoms with Crippen LogP contribution in [0, 0.1) is 0 Å². The fraction of sp³-hybridized carbons (Fsp3) is 0.875. The molecule has 0 bridgehead atoms. The second kappa shape index (κ2) is 11.4. The summed E-state index contributed by atoms with van der Waals surface area (Å²) in [7, 11) is 1.56. The Labute approximate surface area is 78.3 Å². The number of hydrogen-bond acceptors (Lipinski definition) is 5. The molecule has 2 N–H and O–H groups in total. The Morgan fingerprint density at radius 3 is 2.15 bits per heavy atom. The molecule has 0 heterocycles. The van der Waals surface area contributed by atoms with Gasteiger partial charge in [-0.2, -0.15) is 0 Å². The molecule has 0 aromatic heterocycles. The summed E-state index contributed by atoms with van der Waals surface area (Å²) in [5.74, 6) is -0.262. The third-order valence-corrected chi connectivity index (χ3v) is 0.857. The van der Waals surface area contributed by atoms with Gasteiger partial charge in [-0.1, -0.05) is 0 Å². The SMILES string of the molecule is CC(O)CO.COCCOC(C)=O. The second-order valence-corrected chi connectivity index (χ2v) is 2.36. The first-order chi connectivity index (χ1) is 6.04. The van der Waals surface area contributed by atoms with Gasteiger partial charge in [-0.15, -0.1) is 0 Å². The standard InChI is InChI=1S/C5H10O3.C3H8O2/c1-5(6)8-4-3-7-2;1-3(5)2-4/h3-4H2,1-2H3;3-5H,2H2,1H3. The molecule has 0 spiro atoms. The number of aliphatic hydroxyl groups excluding tert-OH is 2. The Kier molecular flexibility index (Phi) is 13.0. The molecule has 0 saturated carbocycles. The van der Waals surface area contributed by atoms with Crippen LogP contribution in [0.2, 0.25) is 0 Å². The summed E-state index contributed by atoms with van der Waals surface area (Å²) >= 11 is 0. The molecule has 1 unspecified atom stereocenters. The first kappa shape index (κ1) is 14.9. The van der Waals surface area contributed by atoms with E-state index < -0.39 is 6.10 Å². The van der Waals surface area contributed by atoms with E-state index >= 15 is 0 Å². The van der Waals surface area contributed by atoms with Crippen LogP contribution in [-0.4, -0.2) is 49.2 Å². The van der Waals surface area contributed by atoms with Crippen LogP contribution in [0.4, 0.5) is 0 Å². The number of hydrogen-bond donors (Lipinski definition) is 2. The molecule has 13 heavy (non-hydrogen) atoms.